The number of hydrogen-bond donors (Lipinski definition) is 0. The van der Waals surface area contributed by atoms with Crippen LogP contribution in [-0.2, 0) is 9.84 Å². The zero-order valence-electron chi connectivity index (χ0n) is 13.9. The molecule has 118 valence electrons. The van der Waals surface area contributed by atoms with Crippen molar-refractivity contribution in [1.82, 2.24) is 0 Å². The molecule has 2 nitrogen and oxygen atoms in total. The lowest BCUT2D eigenvalue weighted by Gasteiger charge is -2.05. The Kier molecular flexibility index (Phi) is 15.6. The van der Waals surface area contributed by atoms with Crippen molar-refractivity contribution in [2.45, 2.75) is 71.1 Å². The van der Waals surface area contributed by atoms with Gasteiger partial charge in [-0.05, 0) is 12.1 Å². The molecule has 0 saturated heterocycles. The average Bonchev–Trinajstić information content (AvgIpc) is 2.54. The molecule has 1 aromatic rings. The van der Waals surface area contributed by atoms with Crippen LogP contribution in [-0.4, -0.2) is 14.7 Å². The van der Waals surface area contributed by atoms with Crippen LogP contribution < -0.4 is 0 Å². The third kappa shape index (κ3) is 12.2. The minimum atomic E-state index is -3.00. The van der Waals surface area contributed by atoms with Crippen molar-refractivity contribution in [3.05, 3.63) is 30.3 Å². The average molecular weight is 301 g/mol. The molecule has 0 aliphatic heterocycles. The fraction of sp³-hybridized carbons (Fsp3) is 0.647. The SMILES string of the molecule is C1CCCCC1.CC.CC.CS(=O)(=O)c1ccccc1. The van der Waals surface area contributed by atoms with Crippen LogP contribution in [0, 0.1) is 0 Å². The van der Waals surface area contributed by atoms with Crippen LogP contribution in [0.3, 0.4) is 0 Å². The zero-order chi connectivity index (χ0) is 15.9. The van der Waals surface area contributed by atoms with Crippen LogP contribution >= 0.6 is 0 Å². The molecule has 3 heteroatoms. The van der Waals surface area contributed by atoms with Crippen molar-refractivity contribution in [2.75, 3.05) is 6.26 Å². The summed E-state index contributed by atoms with van der Waals surface area (Å²) in [6, 6.07) is 8.35. The van der Waals surface area contributed by atoms with Gasteiger partial charge in [0, 0.05) is 6.26 Å². The maximum atomic E-state index is 10.8. The van der Waals surface area contributed by atoms with E-state index in [0.29, 0.717) is 4.90 Å². The normalized spacial score (nSPS) is 13.4. The van der Waals surface area contributed by atoms with Crippen molar-refractivity contribution < 1.29 is 8.42 Å². The highest BCUT2D eigenvalue weighted by Gasteiger charge is 2.02. The van der Waals surface area contributed by atoms with E-state index in [1.807, 2.05) is 27.7 Å². The molecule has 0 aromatic heterocycles. The summed E-state index contributed by atoms with van der Waals surface area (Å²) in [5.41, 5.74) is 0. The molecule has 2 rings (SSSR count). The predicted molar refractivity (Wildman–Crippen MR) is 89.9 cm³/mol. The quantitative estimate of drug-likeness (QED) is 0.688. The fourth-order valence-corrected chi connectivity index (χ4v) is 2.38. The Hall–Kier alpha value is -0.830. The smallest absolute Gasteiger partial charge is 0.175 e. The van der Waals surface area contributed by atoms with Crippen molar-refractivity contribution in [3.8, 4) is 0 Å². The van der Waals surface area contributed by atoms with Crippen molar-refractivity contribution >= 4 is 9.84 Å². The molecule has 1 saturated carbocycles. The van der Waals surface area contributed by atoms with Crippen molar-refractivity contribution in [1.29, 1.82) is 0 Å². The number of rotatable bonds is 1. The topological polar surface area (TPSA) is 34.1 Å². The third-order valence-electron chi connectivity index (χ3n) is 2.67. The van der Waals surface area contributed by atoms with Gasteiger partial charge in [0.15, 0.2) is 9.84 Å². The summed E-state index contributed by atoms with van der Waals surface area (Å²) in [4.78, 5) is 0.370. The summed E-state index contributed by atoms with van der Waals surface area (Å²) < 4.78 is 21.7. The number of sulfone groups is 1. The second-order valence-corrected chi connectivity index (χ2v) is 6.22. The summed E-state index contributed by atoms with van der Waals surface area (Å²) in [6.45, 7) is 8.00. The minimum Gasteiger partial charge on any atom is -0.224 e. The Morgan fingerprint density at radius 2 is 1.00 bits per heavy atom. The Labute approximate surface area is 126 Å². The molecule has 1 fully saturated rings. The van der Waals surface area contributed by atoms with Crippen LogP contribution in [0.5, 0.6) is 0 Å². The lowest BCUT2D eigenvalue weighted by atomic mass is 10.0. The summed E-state index contributed by atoms with van der Waals surface area (Å²) in [5, 5.41) is 0. The fourth-order valence-electron chi connectivity index (χ4n) is 1.73. The van der Waals surface area contributed by atoms with Gasteiger partial charge in [0.2, 0.25) is 0 Å². The predicted octanol–water partition coefficient (Wildman–Crippen LogP) is 5.48. The molecule has 0 N–H and O–H groups in total. The van der Waals surface area contributed by atoms with E-state index in [-0.39, 0.29) is 0 Å². The van der Waals surface area contributed by atoms with E-state index < -0.39 is 9.84 Å². The summed E-state index contributed by atoms with van der Waals surface area (Å²) in [5.74, 6) is 0. The van der Waals surface area contributed by atoms with Crippen molar-refractivity contribution in [3.63, 3.8) is 0 Å². The van der Waals surface area contributed by atoms with Crippen molar-refractivity contribution in [2.24, 2.45) is 0 Å². The highest BCUT2D eigenvalue weighted by atomic mass is 32.2. The maximum Gasteiger partial charge on any atom is 0.175 e. The standard InChI is InChI=1S/C7H8O2S.C6H12.2C2H6/c1-10(8,9)7-5-3-2-4-6-7;1-2-4-6-5-3-1;2*1-2/h2-6H,1H3;1-6H2;2*1-2H3. The molecule has 0 atom stereocenters. The van der Waals surface area contributed by atoms with E-state index in [1.54, 1.807) is 30.3 Å². The molecule has 0 spiro atoms. The lowest BCUT2D eigenvalue weighted by Crippen LogP contribution is -1.95. The molecule has 1 aliphatic rings. The van der Waals surface area contributed by atoms with Gasteiger partial charge in [0.05, 0.1) is 4.90 Å². The molecule has 0 bridgehead atoms. The molecule has 1 aromatic carbocycles. The van der Waals surface area contributed by atoms with E-state index in [2.05, 4.69) is 0 Å². The Morgan fingerprint density at radius 3 is 1.20 bits per heavy atom. The monoisotopic (exact) mass is 300 g/mol. The van der Waals surface area contributed by atoms with Gasteiger partial charge in [-0.25, -0.2) is 8.42 Å². The van der Waals surface area contributed by atoms with Gasteiger partial charge in [0.25, 0.3) is 0 Å². The van der Waals surface area contributed by atoms with E-state index in [1.165, 1.54) is 44.8 Å². The van der Waals surface area contributed by atoms with E-state index in [9.17, 15) is 8.42 Å². The Bertz CT molecular complexity index is 367. The first-order valence-electron chi connectivity index (χ1n) is 7.86. The largest absolute Gasteiger partial charge is 0.224 e. The highest BCUT2D eigenvalue weighted by Crippen LogP contribution is 2.15. The van der Waals surface area contributed by atoms with Gasteiger partial charge in [0.1, 0.15) is 0 Å². The Balaban J connectivity index is 0. The molecule has 0 heterocycles. The van der Waals surface area contributed by atoms with Crippen LogP contribution in [0.4, 0.5) is 0 Å². The molecule has 0 radical (unpaired) electrons. The molecule has 0 amide bonds. The molecule has 1 aliphatic carbocycles. The highest BCUT2D eigenvalue weighted by molar-refractivity contribution is 7.90. The van der Waals surface area contributed by atoms with Gasteiger partial charge < -0.3 is 0 Å². The maximum absolute atomic E-state index is 10.8. The summed E-state index contributed by atoms with van der Waals surface area (Å²) in [6.07, 6.45) is 10.2. The minimum absolute atomic E-state index is 0.370. The molecule has 0 unspecified atom stereocenters. The van der Waals surface area contributed by atoms with Gasteiger partial charge in [-0.1, -0.05) is 84.4 Å². The second kappa shape index (κ2) is 14.6. The zero-order valence-corrected chi connectivity index (χ0v) is 14.7. The molecular formula is C17H32O2S. The second-order valence-electron chi connectivity index (χ2n) is 4.21. The molecule has 20 heavy (non-hydrogen) atoms. The molecular weight excluding hydrogens is 268 g/mol. The number of benzene rings is 1. The lowest BCUT2D eigenvalue weighted by molar-refractivity contribution is 0.504. The summed E-state index contributed by atoms with van der Waals surface area (Å²) >= 11 is 0. The first-order valence-corrected chi connectivity index (χ1v) is 9.75. The Morgan fingerprint density at radius 1 is 0.700 bits per heavy atom. The van der Waals surface area contributed by atoms with E-state index in [0.717, 1.165) is 0 Å². The van der Waals surface area contributed by atoms with E-state index in [4.69, 9.17) is 0 Å². The van der Waals surface area contributed by atoms with Gasteiger partial charge in [-0.2, -0.15) is 0 Å². The van der Waals surface area contributed by atoms with Crippen LogP contribution in [0.15, 0.2) is 35.2 Å². The first kappa shape index (κ1) is 21.5. The van der Waals surface area contributed by atoms with Gasteiger partial charge in [-0.3, -0.25) is 0 Å². The van der Waals surface area contributed by atoms with E-state index >= 15 is 0 Å². The number of hydrogen-bond acceptors (Lipinski definition) is 2. The summed E-state index contributed by atoms with van der Waals surface area (Å²) in [7, 11) is -3.00. The van der Waals surface area contributed by atoms with Crippen LogP contribution in [0.25, 0.3) is 0 Å². The van der Waals surface area contributed by atoms with Gasteiger partial charge >= 0.3 is 0 Å². The van der Waals surface area contributed by atoms with Crippen LogP contribution in [0.1, 0.15) is 66.2 Å². The van der Waals surface area contributed by atoms with Crippen LogP contribution in [0.2, 0.25) is 0 Å². The van der Waals surface area contributed by atoms with Gasteiger partial charge in [-0.15, -0.1) is 0 Å². The first-order chi connectivity index (χ1) is 9.61. The third-order valence-corrected chi connectivity index (χ3v) is 3.80.